The molecule has 116 valence electrons. The number of hydrogen-bond acceptors (Lipinski definition) is 2. The van der Waals surface area contributed by atoms with Crippen LogP contribution in [0.25, 0.3) is 0 Å². The van der Waals surface area contributed by atoms with Gasteiger partial charge in [-0.15, -0.1) is 0 Å². The Morgan fingerprint density at radius 2 is 1.85 bits per heavy atom. The highest BCUT2D eigenvalue weighted by Crippen LogP contribution is 2.13. The topological polar surface area (TPSA) is 38.3 Å². The first kappa shape index (κ1) is 17.2. The third kappa shape index (κ3) is 9.13. The molecule has 3 heteroatoms. The highest BCUT2D eigenvalue weighted by Gasteiger charge is 2.13. The summed E-state index contributed by atoms with van der Waals surface area (Å²) in [5.41, 5.74) is 0. The molecule has 20 heavy (non-hydrogen) atoms. The third-order valence-electron chi connectivity index (χ3n) is 3.90. The number of carbonyl (C=O) groups is 1. The van der Waals surface area contributed by atoms with Gasteiger partial charge in [0.2, 0.25) is 5.91 Å². The smallest absolute Gasteiger partial charge is 0.243 e. The summed E-state index contributed by atoms with van der Waals surface area (Å²) in [6, 6.07) is 0. The van der Waals surface area contributed by atoms with Crippen LogP contribution in [-0.2, 0) is 9.53 Å². The van der Waals surface area contributed by atoms with Gasteiger partial charge in [0.05, 0.1) is 0 Å². The Balaban J connectivity index is 1.94. The maximum absolute atomic E-state index is 11.6. The molecule has 1 heterocycles. The van der Waals surface area contributed by atoms with Gasteiger partial charge in [0, 0.05) is 19.8 Å². The number of hydrogen-bond donors (Lipinski definition) is 1. The maximum Gasteiger partial charge on any atom is 0.243 e. The fourth-order valence-electron chi connectivity index (χ4n) is 2.49. The van der Waals surface area contributed by atoms with Crippen molar-refractivity contribution in [1.29, 1.82) is 0 Å². The molecule has 0 bridgehead atoms. The quantitative estimate of drug-likeness (QED) is 0.488. The summed E-state index contributed by atoms with van der Waals surface area (Å²) < 4.78 is 5.31. The van der Waals surface area contributed by atoms with E-state index >= 15 is 0 Å². The van der Waals surface area contributed by atoms with E-state index in [-0.39, 0.29) is 5.91 Å². The highest BCUT2D eigenvalue weighted by atomic mass is 16.5. The van der Waals surface area contributed by atoms with Crippen LogP contribution < -0.4 is 5.32 Å². The Labute approximate surface area is 124 Å². The van der Waals surface area contributed by atoms with Gasteiger partial charge in [-0.3, -0.25) is 4.79 Å². The van der Waals surface area contributed by atoms with E-state index in [1.54, 1.807) is 6.08 Å². The average molecular weight is 281 g/mol. The van der Waals surface area contributed by atoms with Gasteiger partial charge < -0.3 is 10.1 Å². The lowest BCUT2D eigenvalue weighted by molar-refractivity contribution is -0.116. The van der Waals surface area contributed by atoms with E-state index in [1.165, 1.54) is 38.5 Å². The number of ether oxygens (including phenoxy) is 1. The summed E-state index contributed by atoms with van der Waals surface area (Å²) in [5, 5.41) is 2.99. The first-order valence-electron chi connectivity index (χ1n) is 8.35. The van der Waals surface area contributed by atoms with Crippen LogP contribution in [0.1, 0.15) is 64.7 Å². The van der Waals surface area contributed by atoms with Crippen molar-refractivity contribution in [2.75, 3.05) is 19.8 Å². The molecule has 0 aromatic carbocycles. The fraction of sp³-hybridized carbons (Fsp3) is 0.824. The number of amides is 1. The molecule has 1 saturated heterocycles. The zero-order valence-corrected chi connectivity index (χ0v) is 13.0. The molecule has 3 nitrogen and oxygen atoms in total. The summed E-state index contributed by atoms with van der Waals surface area (Å²) in [5.74, 6) is 0.655. The van der Waals surface area contributed by atoms with Crippen LogP contribution in [0.4, 0.5) is 0 Å². The van der Waals surface area contributed by atoms with E-state index in [1.807, 2.05) is 6.08 Å². The second-order valence-corrected chi connectivity index (χ2v) is 5.76. The molecule has 1 fully saturated rings. The van der Waals surface area contributed by atoms with Crippen molar-refractivity contribution in [3.8, 4) is 0 Å². The second-order valence-electron chi connectivity index (χ2n) is 5.76. The molecule has 1 N–H and O–H groups in total. The van der Waals surface area contributed by atoms with Gasteiger partial charge in [0.25, 0.3) is 0 Å². The van der Waals surface area contributed by atoms with E-state index in [0.29, 0.717) is 5.92 Å². The van der Waals surface area contributed by atoms with Crippen molar-refractivity contribution in [3.63, 3.8) is 0 Å². The van der Waals surface area contributed by atoms with Crippen molar-refractivity contribution < 1.29 is 9.53 Å². The molecule has 0 aliphatic carbocycles. The Kier molecular flexibility index (Phi) is 10.3. The van der Waals surface area contributed by atoms with Gasteiger partial charge in [0.1, 0.15) is 0 Å². The lowest BCUT2D eigenvalue weighted by Gasteiger charge is -2.21. The van der Waals surface area contributed by atoms with Gasteiger partial charge in [-0.2, -0.15) is 0 Å². The molecule has 0 saturated carbocycles. The summed E-state index contributed by atoms with van der Waals surface area (Å²) >= 11 is 0. The van der Waals surface area contributed by atoms with Crippen molar-refractivity contribution in [3.05, 3.63) is 12.2 Å². The number of carbonyl (C=O) groups excluding carboxylic acids is 1. The molecule has 0 aromatic rings. The standard InChI is InChI=1S/C17H31NO2/c1-2-3-4-5-6-7-8-9-10-17(19)18-15-16-11-13-20-14-12-16/h9-10,16H,2-8,11-15H2,1H3,(H,18,19). The van der Waals surface area contributed by atoms with Crippen LogP contribution in [0.15, 0.2) is 12.2 Å². The van der Waals surface area contributed by atoms with Gasteiger partial charge in [-0.25, -0.2) is 0 Å². The Hall–Kier alpha value is -0.830. The molecule has 0 atom stereocenters. The molecule has 0 aromatic heterocycles. The van der Waals surface area contributed by atoms with E-state index in [2.05, 4.69) is 12.2 Å². The molecule has 1 aliphatic rings. The van der Waals surface area contributed by atoms with Crippen LogP contribution in [0.5, 0.6) is 0 Å². The van der Waals surface area contributed by atoms with Crippen molar-refractivity contribution in [1.82, 2.24) is 5.32 Å². The molecule has 1 rings (SSSR count). The summed E-state index contributed by atoms with van der Waals surface area (Å²) in [6.07, 6.45) is 14.7. The van der Waals surface area contributed by atoms with Crippen molar-refractivity contribution in [2.45, 2.75) is 64.7 Å². The predicted molar refractivity (Wildman–Crippen MR) is 83.7 cm³/mol. The number of rotatable bonds is 10. The lowest BCUT2D eigenvalue weighted by Crippen LogP contribution is -2.31. The number of unbranched alkanes of at least 4 members (excludes halogenated alkanes) is 6. The van der Waals surface area contributed by atoms with E-state index in [9.17, 15) is 4.79 Å². The molecule has 0 spiro atoms. The van der Waals surface area contributed by atoms with Crippen LogP contribution in [0.3, 0.4) is 0 Å². The zero-order chi connectivity index (χ0) is 14.5. The minimum Gasteiger partial charge on any atom is -0.381 e. The minimum atomic E-state index is 0.0578. The second kappa shape index (κ2) is 12.0. The van der Waals surface area contributed by atoms with Crippen LogP contribution in [0, 0.1) is 5.92 Å². The maximum atomic E-state index is 11.6. The largest absolute Gasteiger partial charge is 0.381 e. The van der Waals surface area contributed by atoms with Gasteiger partial charge >= 0.3 is 0 Å². The van der Waals surface area contributed by atoms with Crippen molar-refractivity contribution in [2.24, 2.45) is 5.92 Å². The molecule has 1 aliphatic heterocycles. The van der Waals surface area contributed by atoms with E-state index < -0.39 is 0 Å². The first-order chi connectivity index (χ1) is 9.83. The van der Waals surface area contributed by atoms with Gasteiger partial charge in [-0.1, -0.05) is 45.1 Å². The Morgan fingerprint density at radius 3 is 2.60 bits per heavy atom. The molecule has 0 unspecified atom stereocenters. The van der Waals surface area contributed by atoms with Crippen LogP contribution in [-0.4, -0.2) is 25.7 Å². The first-order valence-corrected chi connectivity index (χ1v) is 8.35. The summed E-state index contributed by atoms with van der Waals surface area (Å²) in [7, 11) is 0. The average Bonchev–Trinajstić information content (AvgIpc) is 2.49. The molecule has 1 amide bonds. The Bertz CT molecular complexity index is 270. The molecule has 0 radical (unpaired) electrons. The van der Waals surface area contributed by atoms with Crippen molar-refractivity contribution >= 4 is 5.91 Å². The highest BCUT2D eigenvalue weighted by molar-refractivity contribution is 5.87. The Morgan fingerprint density at radius 1 is 1.15 bits per heavy atom. The lowest BCUT2D eigenvalue weighted by atomic mass is 10.0. The predicted octanol–water partition coefficient (Wildman–Crippen LogP) is 3.84. The summed E-state index contributed by atoms with van der Waals surface area (Å²) in [4.78, 5) is 11.6. The fourth-order valence-corrected chi connectivity index (χ4v) is 2.49. The molecular formula is C17H31NO2. The van der Waals surface area contributed by atoms with E-state index in [0.717, 1.165) is 39.0 Å². The molecular weight excluding hydrogens is 250 g/mol. The normalized spacial score (nSPS) is 16.6. The minimum absolute atomic E-state index is 0.0578. The number of allylic oxidation sites excluding steroid dienone is 1. The zero-order valence-electron chi connectivity index (χ0n) is 13.0. The SMILES string of the molecule is CCCCCCCCC=CC(=O)NCC1CCOCC1. The monoisotopic (exact) mass is 281 g/mol. The third-order valence-corrected chi connectivity index (χ3v) is 3.90. The summed E-state index contributed by atoms with van der Waals surface area (Å²) in [6.45, 7) is 4.72. The van der Waals surface area contributed by atoms with Crippen LogP contribution >= 0.6 is 0 Å². The number of nitrogens with one attached hydrogen (secondary N) is 1. The van der Waals surface area contributed by atoms with Gasteiger partial charge in [-0.05, 0) is 37.7 Å². The van der Waals surface area contributed by atoms with Gasteiger partial charge in [0.15, 0.2) is 0 Å². The van der Waals surface area contributed by atoms with E-state index in [4.69, 9.17) is 4.74 Å². The van der Waals surface area contributed by atoms with Crippen LogP contribution in [0.2, 0.25) is 0 Å².